The van der Waals surface area contributed by atoms with Gasteiger partial charge in [0.25, 0.3) is 0 Å². The van der Waals surface area contributed by atoms with Crippen molar-refractivity contribution in [2.45, 2.75) is 53.4 Å². The van der Waals surface area contributed by atoms with E-state index in [0.29, 0.717) is 11.8 Å². The summed E-state index contributed by atoms with van der Waals surface area (Å²) in [5.74, 6) is 3.00. The summed E-state index contributed by atoms with van der Waals surface area (Å²) in [6, 6.07) is 0. The summed E-state index contributed by atoms with van der Waals surface area (Å²) in [5.41, 5.74) is 0. The average molecular weight is 256 g/mol. The highest BCUT2D eigenvalue weighted by Gasteiger charge is 2.34. The molecule has 1 rings (SSSR count). The van der Waals surface area contributed by atoms with Gasteiger partial charge in [-0.25, -0.2) is 0 Å². The van der Waals surface area contributed by atoms with Crippen molar-refractivity contribution >= 4 is 0 Å². The van der Waals surface area contributed by atoms with Crippen LogP contribution in [0, 0.1) is 23.7 Å². The van der Waals surface area contributed by atoms with Crippen LogP contribution >= 0.6 is 0 Å². The molecule has 0 saturated heterocycles. The third-order valence-corrected chi connectivity index (χ3v) is 4.51. The van der Waals surface area contributed by atoms with Crippen LogP contribution in [0.5, 0.6) is 0 Å². The molecule has 0 bridgehead atoms. The number of rotatable bonds is 8. The van der Waals surface area contributed by atoms with E-state index < -0.39 is 0 Å². The van der Waals surface area contributed by atoms with E-state index in [4.69, 9.17) is 9.47 Å². The van der Waals surface area contributed by atoms with Crippen LogP contribution in [0.4, 0.5) is 0 Å². The molecule has 1 fully saturated rings. The highest BCUT2D eigenvalue weighted by atomic mass is 16.5. The van der Waals surface area contributed by atoms with Crippen LogP contribution in [-0.2, 0) is 9.47 Å². The van der Waals surface area contributed by atoms with Gasteiger partial charge in [-0.15, -0.1) is 0 Å². The van der Waals surface area contributed by atoms with Crippen molar-refractivity contribution in [2.24, 2.45) is 23.7 Å². The maximum absolute atomic E-state index is 5.82. The van der Waals surface area contributed by atoms with Crippen molar-refractivity contribution in [2.75, 3.05) is 26.4 Å². The lowest BCUT2D eigenvalue weighted by Gasteiger charge is -2.40. The smallest absolute Gasteiger partial charge is 0.0500 e. The van der Waals surface area contributed by atoms with Crippen molar-refractivity contribution < 1.29 is 9.47 Å². The van der Waals surface area contributed by atoms with Gasteiger partial charge in [-0.1, -0.05) is 34.1 Å². The van der Waals surface area contributed by atoms with Gasteiger partial charge >= 0.3 is 0 Å². The highest BCUT2D eigenvalue weighted by molar-refractivity contribution is 4.83. The minimum Gasteiger partial charge on any atom is -0.381 e. The maximum Gasteiger partial charge on any atom is 0.0500 e. The number of ether oxygens (including phenoxy) is 2. The summed E-state index contributed by atoms with van der Waals surface area (Å²) < 4.78 is 11.6. The molecule has 108 valence electrons. The first-order valence-corrected chi connectivity index (χ1v) is 7.86. The zero-order valence-corrected chi connectivity index (χ0v) is 12.8. The Balaban J connectivity index is 2.44. The Labute approximate surface area is 113 Å². The molecule has 1 saturated carbocycles. The SMILES string of the molecule is CCCOCC1CCC(C)C(C)C1COCCC. The fourth-order valence-corrected chi connectivity index (χ4v) is 3.04. The van der Waals surface area contributed by atoms with Gasteiger partial charge in [-0.05, 0) is 42.9 Å². The molecule has 0 heterocycles. The second-order valence-electron chi connectivity index (χ2n) is 5.99. The van der Waals surface area contributed by atoms with Gasteiger partial charge in [-0.2, -0.15) is 0 Å². The van der Waals surface area contributed by atoms with Gasteiger partial charge in [0, 0.05) is 26.4 Å². The predicted molar refractivity (Wildman–Crippen MR) is 76.8 cm³/mol. The highest BCUT2D eigenvalue weighted by Crippen LogP contribution is 2.38. The molecule has 0 amide bonds. The second kappa shape index (κ2) is 8.92. The molecular weight excluding hydrogens is 224 g/mol. The molecule has 0 radical (unpaired) electrons. The third kappa shape index (κ3) is 4.89. The molecule has 0 aromatic heterocycles. The molecule has 2 heteroatoms. The van der Waals surface area contributed by atoms with Gasteiger partial charge in [-0.3, -0.25) is 0 Å². The maximum atomic E-state index is 5.82. The van der Waals surface area contributed by atoms with Crippen molar-refractivity contribution in [1.29, 1.82) is 0 Å². The van der Waals surface area contributed by atoms with Crippen LogP contribution in [0.25, 0.3) is 0 Å². The van der Waals surface area contributed by atoms with Crippen LogP contribution in [0.3, 0.4) is 0 Å². The molecule has 2 nitrogen and oxygen atoms in total. The summed E-state index contributed by atoms with van der Waals surface area (Å²) >= 11 is 0. The van der Waals surface area contributed by atoms with E-state index in [1.165, 1.54) is 12.8 Å². The van der Waals surface area contributed by atoms with Crippen molar-refractivity contribution in [3.8, 4) is 0 Å². The summed E-state index contributed by atoms with van der Waals surface area (Å²) in [6.45, 7) is 12.8. The number of hydrogen-bond acceptors (Lipinski definition) is 2. The fraction of sp³-hybridized carbons (Fsp3) is 1.00. The Bertz CT molecular complexity index is 205. The molecular formula is C16H32O2. The van der Waals surface area contributed by atoms with Crippen LogP contribution in [0.2, 0.25) is 0 Å². The first kappa shape index (κ1) is 16.0. The van der Waals surface area contributed by atoms with Crippen LogP contribution in [0.1, 0.15) is 53.4 Å². The summed E-state index contributed by atoms with van der Waals surface area (Å²) in [5, 5.41) is 0. The van der Waals surface area contributed by atoms with Gasteiger partial charge in [0.1, 0.15) is 0 Å². The summed E-state index contributed by atoms with van der Waals surface area (Å²) in [7, 11) is 0. The van der Waals surface area contributed by atoms with Crippen LogP contribution < -0.4 is 0 Å². The Morgan fingerprint density at radius 2 is 1.50 bits per heavy atom. The standard InChI is InChI=1S/C16H32O2/c1-5-9-17-11-15-8-7-13(3)14(4)16(15)12-18-10-6-2/h13-16H,5-12H2,1-4H3. The summed E-state index contributed by atoms with van der Waals surface area (Å²) in [4.78, 5) is 0. The molecule has 0 aliphatic heterocycles. The monoisotopic (exact) mass is 256 g/mol. The Hall–Kier alpha value is -0.0800. The first-order chi connectivity index (χ1) is 8.70. The van der Waals surface area contributed by atoms with E-state index in [0.717, 1.165) is 51.1 Å². The number of hydrogen-bond donors (Lipinski definition) is 0. The third-order valence-electron chi connectivity index (χ3n) is 4.51. The van der Waals surface area contributed by atoms with E-state index in [2.05, 4.69) is 27.7 Å². The first-order valence-electron chi connectivity index (χ1n) is 7.86. The van der Waals surface area contributed by atoms with E-state index in [1.54, 1.807) is 0 Å². The van der Waals surface area contributed by atoms with Crippen LogP contribution in [-0.4, -0.2) is 26.4 Å². The quantitative estimate of drug-likeness (QED) is 0.608. The van der Waals surface area contributed by atoms with Gasteiger partial charge in [0.2, 0.25) is 0 Å². The largest absolute Gasteiger partial charge is 0.381 e. The van der Waals surface area contributed by atoms with Gasteiger partial charge in [0.05, 0.1) is 0 Å². The van der Waals surface area contributed by atoms with Crippen molar-refractivity contribution in [1.82, 2.24) is 0 Å². The zero-order chi connectivity index (χ0) is 13.4. The molecule has 1 aliphatic rings. The summed E-state index contributed by atoms with van der Waals surface area (Å²) in [6.07, 6.45) is 4.91. The topological polar surface area (TPSA) is 18.5 Å². The average Bonchev–Trinajstić information content (AvgIpc) is 2.37. The molecule has 0 aromatic rings. The second-order valence-corrected chi connectivity index (χ2v) is 5.99. The molecule has 18 heavy (non-hydrogen) atoms. The molecule has 4 atom stereocenters. The van der Waals surface area contributed by atoms with Crippen LogP contribution in [0.15, 0.2) is 0 Å². The molecule has 0 N–H and O–H groups in total. The normalized spacial score (nSPS) is 32.7. The van der Waals surface area contributed by atoms with Gasteiger partial charge < -0.3 is 9.47 Å². The Morgan fingerprint density at radius 3 is 2.11 bits per heavy atom. The van der Waals surface area contributed by atoms with E-state index >= 15 is 0 Å². The minimum atomic E-state index is 0.692. The molecule has 0 aromatic carbocycles. The van der Waals surface area contributed by atoms with Gasteiger partial charge in [0.15, 0.2) is 0 Å². The lowest BCUT2D eigenvalue weighted by molar-refractivity contribution is -0.0226. The zero-order valence-electron chi connectivity index (χ0n) is 12.8. The predicted octanol–water partition coefficient (Wildman–Crippen LogP) is 4.14. The lowest BCUT2D eigenvalue weighted by atomic mass is 9.68. The minimum absolute atomic E-state index is 0.692. The van der Waals surface area contributed by atoms with E-state index in [1.807, 2.05) is 0 Å². The van der Waals surface area contributed by atoms with E-state index in [-0.39, 0.29) is 0 Å². The fourth-order valence-electron chi connectivity index (χ4n) is 3.04. The van der Waals surface area contributed by atoms with Crippen molar-refractivity contribution in [3.63, 3.8) is 0 Å². The van der Waals surface area contributed by atoms with E-state index in [9.17, 15) is 0 Å². The Morgan fingerprint density at radius 1 is 0.889 bits per heavy atom. The Kier molecular flexibility index (Phi) is 7.92. The molecule has 1 aliphatic carbocycles. The van der Waals surface area contributed by atoms with Crippen molar-refractivity contribution in [3.05, 3.63) is 0 Å². The molecule has 0 spiro atoms. The lowest BCUT2D eigenvalue weighted by Crippen LogP contribution is -2.37. The molecule has 4 unspecified atom stereocenters.